The van der Waals surface area contributed by atoms with E-state index < -0.39 is 0 Å². The quantitative estimate of drug-likeness (QED) is 0.884. The van der Waals surface area contributed by atoms with Crippen LogP contribution in [0.5, 0.6) is 0 Å². The Morgan fingerprint density at radius 2 is 2.22 bits per heavy atom. The third kappa shape index (κ3) is 3.28. The van der Waals surface area contributed by atoms with Crippen LogP contribution in [0.1, 0.15) is 22.4 Å². The van der Waals surface area contributed by atoms with Gasteiger partial charge in [-0.15, -0.1) is 22.7 Å². The number of hydrogen-bond donors (Lipinski definition) is 1. The molecule has 2 heterocycles. The SMILES string of the molecule is CCNCc1cnc(N(C)Cc2scnc2C)s1. The van der Waals surface area contributed by atoms with Crippen LogP contribution in [-0.4, -0.2) is 23.6 Å². The molecule has 2 aromatic rings. The first kappa shape index (κ1) is 13.5. The summed E-state index contributed by atoms with van der Waals surface area (Å²) in [4.78, 5) is 13.5. The molecule has 0 spiro atoms. The highest BCUT2D eigenvalue weighted by Crippen LogP contribution is 2.24. The molecule has 0 aromatic carbocycles. The lowest BCUT2D eigenvalue weighted by atomic mass is 10.4. The van der Waals surface area contributed by atoms with Gasteiger partial charge in [0.2, 0.25) is 0 Å². The summed E-state index contributed by atoms with van der Waals surface area (Å²) < 4.78 is 0. The van der Waals surface area contributed by atoms with Gasteiger partial charge in [-0.05, 0) is 13.5 Å². The molecule has 0 saturated heterocycles. The topological polar surface area (TPSA) is 41.1 Å². The van der Waals surface area contributed by atoms with Gasteiger partial charge in [0.25, 0.3) is 0 Å². The fourth-order valence-electron chi connectivity index (χ4n) is 1.56. The molecule has 0 aliphatic heterocycles. The summed E-state index contributed by atoms with van der Waals surface area (Å²) in [5.74, 6) is 0. The van der Waals surface area contributed by atoms with E-state index in [1.54, 1.807) is 22.7 Å². The minimum Gasteiger partial charge on any atom is -0.346 e. The van der Waals surface area contributed by atoms with Crippen LogP contribution in [0.4, 0.5) is 5.13 Å². The highest BCUT2D eigenvalue weighted by Gasteiger charge is 2.10. The molecule has 98 valence electrons. The van der Waals surface area contributed by atoms with Crippen molar-refractivity contribution in [2.45, 2.75) is 26.9 Å². The number of anilines is 1. The molecule has 0 fully saturated rings. The van der Waals surface area contributed by atoms with Crippen LogP contribution in [0, 0.1) is 6.92 Å². The molecule has 6 heteroatoms. The van der Waals surface area contributed by atoms with Gasteiger partial charge in [-0.25, -0.2) is 9.97 Å². The van der Waals surface area contributed by atoms with Gasteiger partial charge in [-0.3, -0.25) is 0 Å². The Labute approximate surface area is 116 Å². The van der Waals surface area contributed by atoms with Crippen molar-refractivity contribution in [2.24, 2.45) is 0 Å². The number of aryl methyl sites for hydroxylation is 1. The summed E-state index contributed by atoms with van der Waals surface area (Å²) in [5.41, 5.74) is 3.02. The van der Waals surface area contributed by atoms with E-state index in [2.05, 4.69) is 41.1 Å². The molecular weight excluding hydrogens is 264 g/mol. The minimum absolute atomic E-state index is 0.880. The summed E-state index contributed by atoms with van der Waals surface area (Å²) in [6, 6.07) is 0. The van der Waals surface area contributed by atoms with Crippen LogP contribution in [0.25, 0.3) is 0 Å². The zero-order valence-electron chi connectivity index (χ0n) is 10.9. The van der Waals surface area contributed by atoms with Crippen molar-refractivity contribution in [3.8, 4) is 0 Å². The molecule has 0 aliphatic carbocycles. The van der Waals surface area contributed by atoms with E-state index in [1.165, 1.54) is 9.75 Å². The van der Waals surface area contributed by atoms with Crippen LogP contribution >= 0.6 is 22.7 Å². The number of nitrogens with one attached hydrogen (secondary N) is 1. The zero-order chi connectivity index (χ0) is 13.0. The van der Waals surface area contributed by atoms with Gasteiger partial charge in [0.05, 0.1) is 17.7 Å². The maximum absolute atomic E-state index is 4.47. The smallest absolute Gasteiger partial charge is 0.185 e. The lowest BCUT2D eigenvalue weighted by molar-refractivity contribution is 0.734. The molecule has 0 saturated carbocycles. The van der Waals surface area contributed by atoms with E-state index in [0.29, 0.717) is 0 Å². The second-order valence-electron chi connectivity index (χ2n) is 4.11. The maximum Gasteiger partial charge on any atom is 0.185 e. The third-order valence-electron chi connectivity index (χ3n) is 2.64. The third-order valence-corrected chi connectivity index (χ3v) is 4.67. The number of hydrogen-bond acceptors (Lipinski definition) is 6. The fourth-order valence-corrected chi connectivity index (χ4v) is 3.23. The summed E-state index contributed by atoms with van der Waals surface area (Å²) in [6.07, 6.45) is 1.96. The Balaban J connectivity index is 1.98. The van der Waals surface area contributed by atoms with Crippen LogP contribution in [0.3, 0.4) is 0 Å². The predicted molar refractivity (Wildman–Crippen MR) is 78.5 cm³/mol. The highest BCUT2D eigenvalue weighted by molar-refractivity contribution is 7.15. The van der Waals surface area contributed by atoms with Gasteiger partial charge < -0.3 is 10.2 Å². The fraction of sp³-hybridized carbons (Fsp3) is 0.500. The van der Waals surface area contributed by atoms with E-state index in [4.69, 9.17) is 0 Å². The standard InChI is InChI=1S/C12H18N4S2/c1-4-13-5-10-6-14-12(18-10)16(3)7-11-9(2)15-8-17-11/h6,8,13H,4-5,7H2,1-3H3. The Bertz CT molecular complexity index is 492. The van der Waals surface area contributed by atoms with Crippen molar-refractivity contribution in [3.05, 3.63) is 27.2 Å². The molecule has 18 heavy (non-hydrogen) atoms. The average molecular weight is 282 g/mol. The molecule has 0 unspecified atom stereocenters. The second-order valence-corrected chi connectivity index (χ2v) is 6.14. The number of nitrogens with zero attached hydrogens (tertiary/aromatic N) is 3. The molecular formula is C12H18N4S2. The molecule has 0 radical (unpaired) electrons. The van der Waals surface area contributed by atoms with Crippen molar-refractivity contribution in [1.29, 1.82) is 0 Å². The Morgan fingerprint density at radius 3 is 2.89 bits per heavy atom. The summed E-state index contributed by atoms with van der Waals surface area (Å²) in [7, 11) is 2.08. The number of rotatable bonds is 6. The molecule has 2 rings (SSSR count). The van der Waals surface area contributed by atoms with Gasteiger partial charge in [0.15, 0.2) is 5.13 Å². The largest absolute Gasteiger partial charge is 0.346 e. The summed E-state index contributed by atoms with van der Waals surface area (Å²) in [6.45, 7) is 6.94. The lowest BCUT2D eigenvalue weighted by Gasteiger charge is -2.14. The van der Waals surface area contributed by atoms with Crippen molar-refractivity contribution >= 4 is 27.8 Å². The van der Waals surface area contributed by atoms with E-state index in [0.717, 1.165) is 30.5 Å². The average Bonchev–Trinajstić information content (AvgIpc) is 2.97. The Morgan fingerprint density at radius 1 is 1.39 bits per heavy atom. The van der Waals surface area contributed by atoms with E-state index in [9.17, 15) is 0 Å². The van der Waals surface area contributed by atoms with Gasteiger partial charge in [-0.1, -0.05) is 6.92 Å². The number of thiazole rings is 2. The molecule has 0 atom stereocenters. The van der Waals surface area contributed by atoms with Crippen LogP contribution in [0.15, 0.2) is 11.7 Å². The van der Waals surface area contributed by atoms with Crippen molar-refractivity contribution < 1.29 is 0 Å². The van der Waals surface area contributed by atoms with Gasteiger partial charge >= 0.3 is 0 Å². The van der Waals surface area contributed by atoms with Crippen molar-refractivity contribution in [2.75, 3.05) is 18.5 Å². The normalized spacial score (nSPS) is 10.8. The van der Waals surface area contributed by atoms with Crippen molar-refractivity contribution in [3.63, 3.8) is 0 Å². The van der Waals surface area contributed by atoms with Gasteiger partial charge in [0.1, 0.15) is 0 Å². The molecule has 0 aliphatic rings. The monoisotopic (exact) mass is 282 g/mol. The van der Waals surface area contributed by atoms with Gasteiger partial charge in [-0.2, -0.15) is 0 Å². The van der Waals surface area contributed by atoms with Crippen LogP contribution in [0.2, 0.25) is 0 Å². The number of aromatic nitrogens is 2. The first-order valence-electron chi connectivity index (χ1n) is 5.96. The molecule has 0 bridgehead atoms. The molecule has 1 N–H and O–H groups in total. The second kappa shape index (κ2) is 6.26. The van der Waals surface area contributed by atoms with Gasteiger partial charge in [0, 0.05) is 29.5 Å². The van der Waals surface area contributed by atoms with E-state index in [1.807, 2.05) is 11.7 Å². The maximum atomic E-state index is 4.47. The van der Waals surface area contributed by atoms with Crippen LogP contribution < -0.4 is 10.2 Å². The summed E-state index contributed by atoms with van der Waals surface area (Å²) in [5, 5.41) is 4.38. The molecule has 4 nitrogen and oxygen atoms in total. The van der Waals surface area contributed by atoms with Crippen molar-refractivity contribution in [1.82, 2.24) is 15.3 Å². The minimum atomic E-state index is 0.880. The van der Waals surface area contributed by atoms with Crippen LogP contribution in [-0.2, 0) is 13.1 Å². The van der Waals surface area contributed by atoms with E-state index in [-0.39, 0.29) is 0 Å². The molecule has 2 aromatic heterocycles. The first-order chi connectivity index (χ1) is 8.70. The Hall–Kier alpha value is -0.980. The Kier molecular flexibility index (Phi) is 4.68. The molecule has 0 amide bonds. The zero-order valence-corrected chi connectivity index (χ0v) is 12.6. The first-order valence-corrected chi connectivity index (χ1v) is 7.65. The summed E-state index contributed by atoms with van der Waals surface area (Å²) >= 11 is 3.45. The lowest BCUT2D eigenvalue weighted by Crippen LogP contribution is -2.15. The predicted octanol–water partition coefficient (Wildman–Crippen LogP) is 2.65. The van der Waals surface area contributed by atoms with E-state index >= 15 is 0 Å². The highest BCUT2D eigenvalue weighted by atomic mass is 32.1.